The topological polar surface area (TPSA) is 20.7 Å². The third kappa shape index (κ3) is 2.93. The number of nitrogens with one attached hydrogen (secondary N) is 1. The molecule has 0 fully saturated rings. The van der Waals surface area contributed by atoms with Crippen molar-refractivity contribution in [2.75, 3.05) is 0 Å². The largest absolute Gasteiger partial charge is 0.354 e. The monoisotopic (exact) mass is 548 g/mol. The molecular weight excluding hydrogens is 520 g/mol. The molecule has 0 amide bonds. The Labute approximate surface area is 248 Å². The van der Waals surface area contributed by atoms with E-state index in [9.17, 15) is 0 Å². The van der Waals surface area contributed by atoms with Crippen molar-refractivity contribution in [2.24, 2.45) is 0 Å². The summed E-state index contributed by atoms with van der Waals surface area (Å²) in [5, 5.41) is 10.2. The zero-order valence-corrected chi connectivity index (χ0v) is 24.1. The first-order valence-corrected chi connectivity index (χ1v) is 15.1. The van der Waals surface area contributed by atoms with Crippen LogP contribution in [0.2, 0.25) is 0 Å². The van der Waals surface area contributed by atoms with Gasteiger partial charge in [-0.05, 0) is 68.7 Å². The smallest absolute Gasteiger partial charge is 0.0619 e. The molecule has 2 aromatic heterocycles. The fraction of sp³-hybridized carbons (Fsp3) is 0.0732. The van der Waals surface area contributed by atoms with Crippen LogP contribution in [-0.4, -0.2) is 9.55 Å². The van der Waals surface area contributed by atoms with Gasteiger partial charge in [0.15, 0.2) is 0 Å². The fourth-order valence-corrected chi connectivity index (χ4v) is 8.04. The minimum atomic E-state index is -0.0637. The molecule has 0 saturated heterocycles. The van der Waals surface area contributed by atoms with Crippen molar-refractivity contribution >= 4 is 65.2 Å². The highest BCUT2D eigenvalue weighted by Gasteiger charge is 2.35. The number of aromatic amines is 1. The summed E-state index contributed by atoms with van der Waals surface area (Å²) in [6.45, 7) is 4.73. The van der Waals surface area contributed by atoms with Crippen LogP contribution in [0.4, 0.5) is 0 Å². The van der Waals surface area contributed by atoms with Gasteiger partial charge >= 0.3 is 0 Å². The van der Waals surface area contributed by atoms with Crippen LogP contribution in [0.3, 0.4) is 0 Å². The highest BCUT2D eigenvalue weighted by molar-refractivity contribution is 6.26. The molecule has 10 rings (SSSR count). The maximum Gasteiger partial charge on any atom is 0.0619 e. The second-order valence-electron chi connectivity index (χ2n) is 12.7. The van der Waals surface area contributed by atoms with Crippen LogP contribution in [-0.2, 0) is 5.41 Å². The number of nitrogens with zero attached hydrogens (tertiary/aromatic N) is 1. The molecule has 0 radical (unpaired) electrons. The van der Waals surface area contributed by atoms with Crippen LogP contribution in [0.5, 0.6) is 0 Å². The molecule has 0 bridgehead atoms. The zero-order chi connectivity index (χ0) is 28.4. The number of H-pyrrole nitrogens is 1. The van der Waals surface area contributed by atoms with E-state index in [2.05, 4.69) is 151 Å². The Morgan fingerprint density at radius 3 is 2.12 bits per heavy atom. The van der Waals surface area contributed by atoms with Gasteiger partial charge in [-0.25, -0.2) is 0 Å². The van der Waals surface area contributed by atoms with E-state index in [1.54, 1.807) is 0 Å². The molecule has 0 aliphatic heterocycles. The minimum Gasteiger partial charge on any atom is -0.354 e. The first-order valence-electron chi connectivity index (χ1n) is 15.1. The summed E-state index contributed by atoms with van der Waals surface area (Å²) in [7, 11) is 0. The number of fused-ring (bicyclic) bond motifs is 13. The van der Waals surface area contributed by atoms with Crippen molar-refractivity contribution in [3.05, 3.63) is 139 Å². The summed E-state index contributed by atoms with van der Waals surface area (Å²) < 4.78 is 2.52. The van der Waals surface area contributed by atoms with Crippen molar-refractivity contribution in [2.45, 2.75) is 19.3 Å². The summed E-state index contributed by atoms with van der Waals surface area (Å²) in [5.41, 5.74) is 11.5. The number of aromatic nitrogens is 2. The molecule has 202 valence electrons. The molecule has 7 aromatic carbocycles. The Morgan fingerprint density at radius 2 is 1.23 bits per heavy atom. The van der Waals surface area contributed by atoms with Crippen molar-refractivity contribution in [3.8, 4) is 16.8 Å². The summed E-state index contributed by atoms with van der Waals surface area (Å²) in [6, 6.07) is 47.4. The van der Waals surface area contributed by atoms with Crippen molar-refractivity contribution < 1.29 is 0 Å². The Balaban J connectivity index is 1.37. The average Bonchev–Trinajstić information content (AvgIpc) is 3.65. The van der Waals surface area contributed by atoms with E-state index in [4.69, 9.17) is 0 Å². The van der Waals surface area contributed by atoms with E-state index >= 15 is 0 Å². The summed E-state index contributed by atoms with van der Waals surface area (Å²) in [4.78, 5) is 3.76. The third-order valence-corrected chi connectivity index (χ3v) is 10.1. The van der Waals surface area contributed by atoms with Crippen LogP contribution in [0, 0.1) is 0 Å². The molecule has 2 nitrogen and oxygen atoms in total. The fourth-order valence-electron chi connectivity index (χ4n) is 8.04. The van der Waals surface area contributed by atoms with Crippen molar-refractivity contribution in [1.29, 1.82) is 0 Å². The lowest BCUT2D eigenvalue weighted by molar-refractivity contribution is 0.660. The summed E-state index contributed by atoms with van der Waals surface area (Å²) >= 11 is 0. The van der Waals surface area contributed by atoms with Gasteiger partial charge < -0.3 is 9.55 Å². The molecule has 0 spiro atoms. The molecule has 9 aromatic rings. The lowest BCUT2D eigenvalue weighted by Gasteiger charge is -2.22. The maximum absolute atomic E-state index is 3.76. The molecule has 2 heterocycles. The number of rotatable bonds is 1. The van der Waals surface area contributed by atoms with Crippen LogP contribution in [0.15, 0.2) is 127 Å². The Kier molecular flexibility index (Phi) is 4.29. The Bertz CT molecular complexity index is 2640. The third-order valence-electron chi connectivity index (χ3n) is 10.1. The quantitative estimate of drug-likeness (QED) is 0.211. The molecule has 1 N–H and O–H groups in total. The SMILES string of the molecule is CC1(C)c2ccccc2-c2ccc(-n3c4cc5c(cc4c4ccc6ccccc6c43)[nH]c3ccc4ccccc4c35)cc21. The minimum absolute atomic E-state index is 0.0637. The average molecular weight is 549 g/mol. The molecule has 0 saturated carbocycles. The van der Waals surface area contributed by atoms with Gasteiger partial charge in [-0.15, -0.1) is 0 Å². The van der Waals surface area contributed by atoms with Gasteiger partial charge in [-0.3, -0.25) is 0 Å². The Morgan fingerprint density at radius 1 is 0.512 bits per heavy atom. The van der Waals surface area contributed by atoms with E-state index in [-0.39, 0.29) is 5.41 Å². The maximum atomic E-state index is 3.76. The van der Waals surface area contributed by atoms with Gasteiger partial charge in [0.1, 0.15) is 0 Å². The molecule has 1 aliphatic carbocycles. The van der Waals surface area contributed by atoms with Gasteiger partial charge in [0.25, 0.3) is 0 Å². The second kappa shape index (κ2) is 7.93. The van der Waals surface area contributed by atoms with Crippen LogP contribution >= 0.6 is 0 Å². The van der Waals surface area contributed by atoms with E-state index in [1.807, 2.05) is 0 Å². The van der Waals surface area contributed by atoms with E-state index < -0.39 is 0 Å². The van der Waals surface area contributed by atoms with Crippen LogP contribution < -0.4 is 0 Å². The van der Waals surface area contributed by atoms with Gasteiger partial charge in [0, 0.05) is 49.1 Å². The van der Waals surface area contributed by atoms with Crippen molar-refractivity contribution in [1.82, 2.24) is 9.55 Å². The first-order chi connectivity index (χ1) is 21.1. The van der Waals surface area contributed by atoms with Gasteiger partial charge in [-0.2, -0.15) is 0 Å². The molecule has 0 unspecified atom stereocenters. The van der Waals surface area contributed by atoms with Gasteiger partial charge in [0.05, 0.1) is 11.0 Å². The van der Waals surface area contributed by atoms with Gasteiger partial charge in [-0.1, -0.05) is 111 Å². The van der Waals surface area contributed by atoms with E-state index in [0.717, 1.165) is 0 Å². The molecule has 43 heavy (non-hydrogen) atoms. The van der Waals surface area contributed by atoms with Crippen LogP contribution in [0.1, 0.15) is 25.0 Å². The number of hydrogen-bond donors (Lipinski definition) is 1. The summed E-state index contributed by atoms with van der Waals surface area (Å²) in [5.74, 6) is 0. The van der Waals surface area contributed by atoms with Crippen LogP contribution in [0.25, 0.3) is 82.0 Å². The summed E-state index contributed by atoms with van der Waals surface area (Å²) in [6.07, 6.45) is 0. The van der Waals surface area contributed by atoms with E-state index in [0.29, 0.717) is 0 Å². The predicted octanol–water partition coefficient (Wildman–Crippen LogP) is 11.0. The molecular formula is C41H28N2. The lowest BCUT2D eigenvalue weighted by Crippen LogP contribution is -2.15. The number of hydrogen-bond acceptors (Lipinski definition) is 0. The first kappa shape index (κ1) is 23.2. The zero-order valence-electron chi connectivity index (χ0n) is 24.1. The van der Waals surface area contributed by atoms with Crippen molar-refractivity contribution in [3.63, 3.8) is 0 Å². The highest BCUT2D eigenvalue weighted by atomic mass is 15.0. The standard InChI is InChI=1S/C41H28N2/c1-41(2)34-14-8-7-13-29(34)30-19-17-26(21-35(30)41)43-38-23-33-37(42-36-20-16-24-9-3-5-11-27(24)39(33)36)22-32(38)31-18-15-25-10-4-6-12-28(25)40(31)43/h3-23,42H,1-2H3. The second-order valence-corrected chi connectivity index (χ2v) is 12.7. The molecule has 0 atom stereocenters. The van der Waals surface area contributed by atoms with E-state index in [1.165, 1.54) is 93.1 Å². The predicted molar refractivity (Wildman–Crippen MR) is 183 cm³/mol. The highest BCUT2D eigenvalue weighted by Crippen LogP contribution is 2.50. The number of benzene rings is 7. The molecule has 2 heteroatoms. The normalized spacial score (nSPS) is 14.0. The lowest BCUT2D eigenvalue weighted by atomic mass is 9.82. The van der Waals surface area contributed by atoms with Gasteiger partial charge in [0.2, 0.25) is 0 Å². The Hall–Kier alpha value is -5.34. The molecule has 1 aliphatic rings.